The smallest absolute Gasteiger partial charge is 0.260 e. The number of rotatable bonds is 6. The first-order valence-electron chi connectivity index (χ1n) is 11.9. The Morgan fingerprint density at radius 2 is 1.71 bits per heavy atom. The number of fused-ring (bicyclic) bond motifs is 1. The van der Waals surface area contributed by atoms with Crippen molar-refractivity contribution in [3.8, 4) is 16.9 Å². The van der Waals surface area contributed by atoms with E-state index in [9.17, 15) is 18.0 Å². The van der Waals surface area contributed by atoms with Gasteiger partial charge in [0, 0.05) is 23.3 Å². The van der Waals surface area contributed by atoms with Crippen LogP contribution in [0.1, 0.15) is 34.3 Å². The molecule has 5 rings (SSSR count). The molecule has 38 heavy (non-hydrogen) atoms. The lowest BCUT2D eigenvalue weighted by Gasteiger charge is -2.25. The minimum Gasteiger partial charge on any atom is -0.494 e. The van der Waals surface area contributed by atoms with E-state index in [0.29, 0.717) is 27.5 Å². The fraction of sp³-hybridized carbons (Fsp3) is 0.207. The molecule has 1 aliphatic heterocycles. The van der Waals surface area contributed by atoms with E-state index in [0.717, 1.165) is 0 Å². The summed E-state index contributed by atoms with van der Waals surface area (Å²) in [4.78, 5) is 14.0. The maximum Gasteiger partial charge on any atom is 0.260 e. The second kappa shape index (κ2) is 10.3. The number of methoxy groups -OCH3 is 1. The summed E-state index contributed by atoms with van der Waals surface area (Å²) in [5, 5.41) is 0.499. The molecule has 1 unspecified atom stereocenters. The number of aromatic nitrogens is 1. The quantitative estimate of drug-likeness (QED) is 0.291. The van der Waals surface area contributed by atoms with Crippen molar-refractivity contribution in [1.82, 2.24) is 4.57 Å². The normalized spacial score (nSPS) is 15.4. The molecule has 4 aromatic rings. The van der Waals surface area contributed by atoms with Gasteiger partial charge in [-0.1, -0.05) is 30.3 Å². The summed E-state index contributed by atoms with van der Waals surface area (Å²) in [6, 6.07) is 12.5. The molecule has 0 aliphatic carbocycles. The van der Waals surface area contributed by atoms with Crippen molar-refractivity contribution < 1.29 is 22.3 Å². The summed E-state index contributed by atoms with van der Waals surface area (Å²) >= 11 is 1.33. The fourth-order valence-corrected chi connectivity index (χ4v) is 6.43. The van der Waals surface area contributed by atoms with E-state index in [1.165, 1.54) is 72.0 Å². The van der Waals surface area contributed by atoms with Gasteiger partial charge < -0.3 is 10.5 Å². The van der Waals surface area contributed by atoms with E-state index in [-0.39, 0.29) is 28.9 Å². The Kier molecular flexibility index (Phi) is 7.07. The first-order valence-corrected chi connectivity index (χ1v) is 12.9. The minimum atomic E-state index is -0.763. The molecular weight excluding hydrogens is 516 g/mol. The van der Waals surface area contributed by atoms with E-state index >= 15 is 4.39 Å². The zero-order chi connectivity index (χ0) is 27.1. The summed E-state index contributed by atoms with van der Waals surface area (Å²) in [7, 11) is 1.32. The summed E-state index contributed by atoms with van der Waals surface area (Å²) < 4.78 is 65.4. The van der Waals surface area contributed by atoms with Crippen LogP contribution in [0.15, 0.2) is 70.5 Å². The lowest BCUT2D eigenvalue weighted by Crippen LogP contribution is -2.33. The van der Waals surface area contributed by atoms with E-state index in [1.54, 1.807) is 19.1 Å². The molecular formula is C29H24F4N2O2S. The monoisotopic (exact) mass is 540 g/mol. The van der Waals surface area contributed by atoms with Gasteiger partial charge in [0.2, 0.25) is 0 Å². The lowest BCUT2D eigenvalue weighted by atomic mass is 9.93. The van der Waals surface area contributed by atoms with Gasteiger partial charge >= 0.3 is 0 Å². The maximum absolute atomic E-state index is 15.5. The van der Waals surface area contributed by atoms with Crippen LogP contribution in [0.5, 0.6) is 5.75 Å². The number of ether oxygens (including phenoxy) is 1. The topological polar surface area (TPSA) is 57.2 Å². The molecule has 196 valence electrons. The van der Waals surface area contributed by atoms with Gasteiger partial charge in [-0.15, -0.1) is 11.8 Å². The van der Waals surface area contributed by atoms with E-state index in [2.05, 4.69) is 0 Å². The third kappa shape index (κ3) is 4.39. The Morgan fingerprint density at radius 1 is 1.03 bits per heavy atom. The average Bonchev–Trinajstić information content (AvgIpc) is 3.34. The highest BCUT2D eigenvalue weighted by molar-refractivity contribution is 7.99. The molecule has 9 heteroatoms. The zero-order valence-electron chi connectivity index (χ0n) is 20.6. The Hall–Kier alpha value is -3.56. The molecule has 2 heterocycles. The molecule has 1 aromatic heterocycles. The lowest BCUT2D eigenvalue weighted by molar-refractivity contribution is 0.387. The molecule has 1 aliphatic rings. The third-order valence-corrected chi connectivity index (χ3v) is 8.20. The molecule has 0 saturated heterocycles. The predicted molar refractivity (Wildman–Crippen MR) is 140 cm³/mol. The van der Waals surface area contributed by atoms with Crippen molar-refractivity contribution in [2.24, 2.45) is 5.73 Å². The number of thioether (sulfide) groups is 1. The summed E-state index contributed by atoms with van der Waals surface area (Å²) in [6.07, 6.45) is -0.159. The van der Waals surface area contributed by atoms with Crippen LogP contribution >= 0.6 is 11.8 Å². The highest BCUT2D eigenvalue weighted by Gasteiger charge is 2.35. The van der Waals surface area contributed by atoms with Crippen LogP contribution < -0.4 is 16.0 Å². The van der Waals surface area contributed by atoms with Crippen LogP contribution in [0.25, 0.3) is 11.1 Å². The Morgan fingerprint density at radius 3 is 2.39 bits per heavy atom. The van der Waals surface area contributed by atoms with Gasteiger partial charge in [-0.05, 0) is 53.9 Å². The zero-order valence-corrected chi connectivity index (χ0v) is 21.4. The predicted octanol–water partition coefficient (Wildman–Crippen LogP) is 6.33. The van der Waals surface area contributed by atoms with Crippen molar-refractivity contribution in [2.75, 3.05) is 12.9 Å². The largest absolute Gasteiger partial charge is 0.494 e. The SMILES string of the molecule is COc1cccc(-c2c(C)c(Cc3c(F)cccc3F)c3n(c2=O)[C@@H](C(N)c2cccc(F)c2)CS3)c1F. The number of hydrogen-bond donors (Lipinski definition) is 1. The molecule has 0 saturated carbocycles. The molecule has 3 aromatic carbocycles. The van der Waals surface area contributed by atoms with E-state index in [1.807, 2.05) is 0 Å². The highest BCUT2D eigenvalue weighted by atomic mass is 32.2. The first-order chi connectivity index (χ1) is 18.2. The summed E-state index contributed by atoms with van der Waals surface area (Å²) in [6.45, 7) is 1.64. The van der Waals surface area contributed by atoms with Crippen LogP contribution in [-0.2, 0) is 6.42 Å². The molecule has 0 bridgehead atoms. The van der Waals surface area contributed by atoms with Gasteiger partial charge in [-0.2, -0.15) is 0 Å². The minimum absolute atomic E-state index is 0.00684. The van der Waals surface area contributed by atoms with Crippen LogP contribution in [0, 0.1) is 30.2 Å². The Labute approximate surface area is 221 Å². The molecule has 0 radical (unpaired) electrons. The maximum atomic E-state index is 15.5. The second-order valence-corrected chi connectivity index (χ2v) is 10.1. The van der Waals surface area contributed by atoms with Gasteiger partial charge in [0.05, 0.1) is 29.8 Å². The molecule has 4 nitrogen and oxygen atoms in total. The number of pyridine rings is 1. The van der Waals surface area contributed by atoms with Crippen LogP contribution in [-0.4, -0.2) is 17.4 Å². The van der Waals surface area contributed by atoms with Crippen molar-refractivity contribution in [2.45, 2.75) is 30.5 Å². The van der Waals surface area contributed by atoms with E-state index < -0.39 is 40.9 Å². The van der Waals surface area contributed by atoms with Crippen LogP contribution in [0.4, 0.5) is 17.6 Å². The standard InChI is InChI=1S/C29H24F4N2O2S/c1-15-19(13-20-21(31)9-5-10-22(20)32)29-35(23(14-38-29)27(34)16-6-3-7-17(30)12-16)28(36)25(15)18-8-4-11-24(37-2)26(18)33/h3-12,23,27H,13-14,34H2,1-2H3/t23-,27?/m1/s1. The van der Waals surface area contributed by atoms with Crippen molar-refractivity contribution in [3.63, 3.8) is 0 Å². The van der Waals surface area contributed by atoms with Gasteiger partial charge in [0.25, 0.3) is 5.56 Å². The molecule has 0 fully saturated rings. The number of nitrogens with two attached hydrogens (primary N) is 1. The first kappa shape index (κ1) is 26.1. The molecule has 0 spiro atoms. The van der Waals surface area contributed by atoms with Crippen molar-refractivity contribution in [3.05, 3.63) is 117 Å². The van der Waals surface area contributed by atoms with Gasteiger partial charge in [0.1, 0.15) is 17.5 Å². The van der Waals surface area contributed by atoms with Gasteiger partial charge in [-0.3, -0.25) is 9.36 Å². The van der Waals surface area contributed by atoms with Gasteiger partial charge in [-0.25, -0.2) is 17.6 Å². The third-order valence-electron chi connectivity index (χ3n) is 6.98. The Bertz CT molecular complexity index is 1580. The van der Waals surface area contributed by atoms with Crippen LogP contribution in [0.3, 0.4) is 0 Å². The number of nitrogens with zero attached hydrogens (tertiary/aromatic N) is 1. The number of halogens is 4. The fourth-order valence-electron chi connectivity index (χ4n) is 4.99. The van der Waals surface area contributed by atoms with E-state index in [4.69, 9.17) is 10.5 Å². The molecule has 0 amide bonds. The molecule has 2 N–H and O–H groups in total. The molecule has 2 atom stereocenters. The summed E-state index contributed by atoms with van der Waals surface area (Å²) in [5.41, 5.74) is 7.34. The van der Waals surface area contributed by atoms with Crippen molar-refractivity contribution >= 4 is 11.8 Å². The van der Waals surface area contributed by atoms with Crippen LogP contribution in [0.2, 0.25) is 0 Å². The Balaban J connectivity index is 1.77. The highest BCUT2D eigenvalue weighted by Crippen LogP contribution is 2.44. The average molecular weight is 541 g/mol. The van der Waals surface area contributed by atoms with Gasteiger partial charge in [0.15, 0.2) is 11.6 Å². The number of hydrogen-bond acceptors (Lipinski definition) is 4. The second-order valence-electron chi connectivity index (χ2n) is 9.12. The number of benzene rings is 3. The van der Waals surface area contributed by atoms with Crippen molar-refractivity contribution in [1.29, 1.82) is 0 Å². The summed E-state index contributed by atoms with van der Waals surface area (Å²) in [5.74, 6) is -2.32.